The summed E-state index contributed by atoms with van der Waals surface area (Å²) in [5.74, 6) is 0.621. The van der Waals surface area contributed by atoms with E-state index >= 15 is 0 Å². The van der Waals surface area contributed by atoms with Crippen LogP contribution in [-0.2, 0) is 9.59 Å². The van der Waals surface area contributed by atoms with Crippen LogP contribution in [0.1, 0.15) is 16.7 Å². The Bertz CT molecular complexity index is 992. The molecule has 1 N–H and O–H groups in total. The molecule has 6 heteroatoms. The number of aryl methyl sites for hydroxylation is 2. The van der Waals surface area contributed by atoms with Crippen molar-refractivity contribution in [3.8, 4) is 16.9 Å². The zero-order chi connectivity index (χ0) is 22.5. The number of piperazine rings is 1. The van der Waals surface area contributed by atoms with Crippen molar-refractivity contribution in [2.75, 3.05) is 45.2 Å². The van der Waals surface area contributed by atoms with Crippen LogP contribution in [0.3, 0.4) is 0 Å². The van der Waals surface area contributed by atoms with E-state index in [1.807, 2.05) is 6.07 Å². The molecule has 6 nitrogen and oxygen atoms in total. The number of hydrogen-bond acceptors (Lipinski definition) is 4. The first-order chi connectivity index (χ1) is 14.8. The van der Waals surface area contributed by atoms with Crippen LogP contribution in [0, 0.1) is 20.8 Å². The Balaban J connectivity index is 1.74. The highest BCUT2D eigenvalue weighted by Gasteiger charge is 2.23. The summed E-state index contributed by atoms with van der Waals surface area (Å²) in [6, 6.07) is 10.4. The number of carbonyl (C=O) groups is 2. The van der Waals surface area contributed by atoms with Crippen molar-refractivity contribution in [3.63, 3.8) is 0 Å². The molecule has 2 aromatic rings. The smallest absolute Gasteiger partial charge is 0.246 e. The summed E-state index contributed by atoms with van der Waals surface area (Å²) in [7, 11) is 1.63. The van der Waals surface area contributed by atoms with Gasteiger partial charge in [0.05, 0.1) is 19.3 Å². The van der Waals surface area contributed by atoms with Crippen molar-refractivity contribution in [1.82, 2.24) is 9.80 Å². The highest BCUT2D eigenvalue weighted by molar-refractivity contribution is 5.87. The van der Waals surface area contributed by atoms with Gasteiger partial charge < -0.3 is 19.9 Å². The predicted octanol–water partition coefficient (Wildman–Crippen LogP) is 3.56. The van der Waals surface area contributed by atoms with Gasteiger partial charge in [-0.15, -0.1) is 0 Å². The average Bonchev–Trinajstić information content (AvgIpc) is 2.79. The largest absolute Gasteiger partial charge is 0.495 e. The van der Waals surface area contributed by atoms with E-state index in [9.17, 15) is 9.59 Å². The maximum atomic E-state index is 12.7. The number of nitrogens with one attached hydrogen (secondary N) is 1. The van der Waals surface area contributed by atoms with Gasteiger partial charge in [0.2, 0.25) is 11.8 Å². The Morgan fingerprint density at radius 2 is 1.71 bits per heavy atom. The number of anilines is 1. The fourth-order valence-corrected chi connectivity index (χ4v) is 3.91. The van der Waals surface area contributed by atoms with Crippen molar-refractivity contribution in [1.29, 1.82) is 0 Å². The maximum Gasteiger partial charge on any atom is 0.246 e. The van der Waals surface area contributed by atoms with E-state index in [0.29, 0.717) is 31.9 Å². The van der Waals surface area contributed by atoms with Gasteiger partial charge in [-0.1, -0.05) is 24.8 Å². The van der Waals surface area contributed by atoms with Gasteiger partial charge >= 0.3 is 0 Å². The molecule has 0 aromatic heterocycles. The summed E-state index contributed by atoms with van der Waals surface area (Å²) in [5.41, 5.74) is 6.69. The first kappa shape index (κ1) is 22.4. The van der Waals surface area contributed by atoms with Crippen molar-refractivity contribution < 1.29 is 14.3 Å². The summed E-state index contributed by atoms with van der Waals surface area (Å²) in [6.07, 6.45) is 1.32. The van der Waals surface area contributed by atoms with E-state index in [1.165, 1.54) is 22.8 Å². The number of carbonyl (C=O) groups excluding carboxylic acids is 2. The molecule has 3 rings (SSSR count). The fourth-order valence-electron chi connectivity index (χ4n) is 3.91. The molecule has 0 bridgehead atoms. The van der Waals surface area contributed by atoms with Gasteiger partial charge in [-0.3, -0.25) is 9.59 Å². The third kappa shape index (κ3) is 4.90. The van der Waals surface area contributed by atoms with Crippen LogP contribution in [0.2, 0.25) is 0 Å². The Morgan fingerprint density at radius 1 is 1.03 bits per heavy atom. The molecule has 2 aromatic carbocycles. The number of ether oxygens (including phenoxy) is 1. The van der Waals surface area contributed by atoms with Gasteiger partial charge in [-0.25, -0.2) is 0 Å². The minimum absolute atomic E-state index is 0.00150. The van der Waals surface area contributed by atoms with Crippen LogP contribution >= 0.6 is 0 Å². The van der Waals surface area contributed by atoms with Crippen molar-refractivity contribution >= 4 is 17.5 Å². The minimum atomic E-state index is -0.0893. The molecule has 0 unspecified atom stereocenters. The van der Waals surface area contributed by atoms with Crippen molar-refractivity contribution in [2.24, 2.45) is 0 Å². The van der Waals surface area contributed by atoms with Crippen molar-refractivity contribution in [3.05, 3.63) is 59.7 Å². The van der Waals surface area contributed by atoms with Gasteiger partial charge in [-0.05, 0) is 66.8 Å². The monoisotopic (exact) mass is 421 g/mol. The molecule has 1 heterocycles. The van der Waals surface area contributed by atoms with E-state index in [4.69, 9.17) is 4.74 Å². The quantitative estimate of drug-likeness (QED) is 0.725. The minimum Gasteiger partial charge on any atom is -0.495 e. The van der Waals surface area contributed by atoms with Crippen LogP contribution in [0.15, 0.2) is 43.0 Å². The number of benzene rings is 2. The molecule has 1 fully saturated rings. The molecule has 0 aliphatic carbocycles. The molecule has 1 saturated heterocycles. The second-order valence-electron chi connectivity index (χ2n) is 7.88. The lowest BCUT2D eigenvalue weighted by atomic mass is 9.93. The molecule has 0 radical (unpaired) electrons. The van der Waals surface area contributed by atoms with Gasteiger partial charge in [0.1, 0.15) is 5.75 Å². The summed E-state index contributed by atoms with van der Waals surface area (Å²) < 4.78 is 5.56. The van der Waals surface area contributed by atoms with E-state index in [-0.39, 0.29) is 18.4 Å². The molecule has 0 atom stereocenters. The molecule has 1 aliphatic rings. The van der Waals surface area contributed by atoms with Crippen LogP contribution in [0.25, 0.3) is 11.1 Å². The number of methoxy groups -OCH3 is 1. The standard InChI is InChI=1S/C25H31N3O3/c1-6-24(29)27-10-12-28(13-11-27)25(30)16-26-22-15-21(18(3)14-23(22)31-5)20-9-7-8-17(2)19(20)4/h6-9,14-15,26H,1,10-13,16H2,2-5H3. The molecule has 164 valence electrons. The van der Waals surface area contributed by atoms with E-state index in [0.717, 1.165) is 16.8 Å². The lowest BCUT2D eigenvalue weighted by Crippen LogP contribution is -2.51. The number of rotatable bonds is 6. The number of hydrogen-bond donors (Lipinski definition) is 1. The first-order valence-electron chi connectivity index (χ1n) is 10.5. The Hall–Kier alpha value is -3.28. The van der Waals surface area contributed by atoms with E-state index in [1.54, 1.807) is 16.9 Å². The first-order valence-corrected chi connectivity index (χ1v) is 10.5. The van der Waals surface area contributed by atoms with Crippen LogP contribution in [0.4, 0.5) is 5.69 Å². The van der Waals surface area contributed by atoms with Gasteiger partial charge in [0.15, 0.2) is 0 Å². The zero-order valence-electron chi connectivity index (χ0n) is 18.8. The van der Waals surface area contributed by atoms with Gasteiger partial charge in [0, 0.05) is 26.2 Å². The average molecular weight is 422 g/mol. The van der Waals surface area contributed by atoms with Gasteiger partial charge in [0.25, 0.3) is 0 Å². The Kier molecular flexibility index (Phi) is 7.00. The lowest BCUT2D eigenvalue weighted by Gasteiger charge is -2.34. The van der Waals surface area contributed by atoms with Crippen molar-refractivity contribution in [2.45, 2.75) is 20.8 Å². The second kappa shape index (κ2) is 9.69. The summed E-state index contributed by atoms with van der Waals surface area (Å²) in [6.45, 7) is 12.1. The fraction of sp³-hybridized carbons (Fsp3) is 0.360. The second-order valence-corrected chi connectivity index (χ2v) is 7.88. The third-order valence-corrected chi connectivity index (χ3v) is 5.99. The van der Waals surface area contributed by atoms with Crippen LogP contribution < -0.4 is 10.1 Å². The summed E-state index contributed by atoms with van der Waals surface area (Å²) in [4.78, 5) is 28.0. The topological polar surface area (TPSA) is 61.9 Å². The van der Waals surface area contributed by atoms with E-state index < -0.39 is 0 Å². The molecule has 0 spiro atoms. The number of nitrogens with zero attached hydrogens (tertiary/aromatic N) is 2. The predicted molar refractivity (Wildman–Crippen MR) is 124 cm³/mol. The highest BCUT2D eigenvalue weighted by Crippen LogP contribution is 2.35. The lowest BCUT2D eigenvalue weighted by molar-refractivity contribution is -0.135. The van der Waals surface area contributed by atoms with Crippen LogP contribution in [-0.4, -0.2) is 61.4 Å². The Labute approximate surface area is 184 Å². The molecular weight excluding hydrogens is 390 g/mol. The van der Waals surface area contributed by atoms with Crippen LogP contribution in [0.5, 0.6) is 5.75 Å². The molecular formula is C25H31N3O3. The highest BCUT2D eigenvalue weighted by atomic mass is 16.5. The van der Waals surface area contributed by atoms with E-state index in [2.05, 4.69) is 56.9 Å². The third-order valence-electron chi connectivity index (χ3n) is 5.99. The summed E-state index contributed by atoms with van der Waals surface area (Å²) >= 11 is 0. The SMILES string of the molecule is C=CC(=O)N1CCN(C(=O)CNc2cc(-c3cccc(C)c3C)c(C)cc2OC)CC1. The maximum absolute atomic E-state index is 12.7. The zero-order valence-corrected chi connectivity index (χ0v) is 18.8. The molecule has 2 amide bonds. The normalized spacial score (nSPS) is 13.7. The molecule has 1 aliphatic heterocycles. The Morgan fingerprint density at radius 3 is 2.35 bits per heavy atom. The summed E-state index contributed by atoms with van der Waals surface area (Å²) in [5, 5.41) is 3.26. The number of amides is 2. The van der Waals surface area contributed by atoms with Gasteiger partial charge in [-0.2, -0.15) is 0 Å². The molecule has 31 heavy (non-hydrogen) atoms. The molecule has 0 saturated carbocycles.